The van der Waals surface area contributed by atoms with Gasteiger partial charge in [-0.25, -0.2) is 69.4 Å². The smallest absolute Gasteiger partial charge is 0.460 e. The summed E-state index contributed by atoms with van der Waals surface area (Å²) in [6.45, 7) is 15.8. The van der Waals surface area contributed by atoms with E-state index in [4.69, 9.17) is 18.9 Å². The van der Waals surface area contributed by atoms with Gasteiger partial charge >= 0.3 is 84.3 Å². The standard InChI is InChI=1S/4C30H21N2O2P.4Pt/c1-20-14-16-31-29(17-20)35(33)27-11-4-3-10-25(27)26-13-12-23(19-28(26)35)22-8-5-9-24(18-22)34-30-21(2)7-6-15-32-30;1-20-14-16-31-29(17-20)34-24-9-5-8-22(18-24)23-12-13-26-25-10-3-4-11-27(25)35(33,28(26)19-23)30-21(2)7-6-15-32-30;1-20-15-16-31-29(17-20)34-24-9-6-8-22(18-24)23-13-14-26-25-10-3-4-11-27(25)35(33,28(26)19-23)30-12-5-7-21(2)32-30;1-20-14-15-31-29(16-20)34-24-7-5-6-22(17-24)23-11-12-26-25-8-3-4-9-27(25)35(33,28(26)18-23)30-13-10-21(2)19-32-30;;;;/h3*3-17H,1-2H3;3-16,19H,1-2H3;;;;/q4*-2;4*+2. The molecule has 4 atom stereocenters. The zero-order valence-corrected chi connectivity index (χ0v) is 91.2. The minimum Gasteiger partial charge on any atom is -0.460 e. The van der Waals surface area contributed by atoms with Gasteiger partial charge in [0.25, 0.3) is 0 Å². The Kier molecular flexibility index (Phi) is 30.7. The molecule has 12 heterocycles. The van der Waals surface area contributed by atoms with Crippen molar-refractivity contribution in [1.82, 2.24) is 39.9 Å². The second kappa shape index (κ2) is 43.3. The zero-order chi connectivity index (χ0) is 96.0. The van der Waals surface area contributed by atoms with Crippen LogP contribution in [0.2, 0.25) is 0 Å². The van der Waals surface area contributed by atoms with E-state index in [9.17, 15) is 18.3 Å². The van der Waals surface area contributed by atoms with Crippen LogP contribution in [0.4, 0.5) is 0 Å². The predicted octanol–water partition coefficient (Wildman–Crippen LogP) is 23.1. The van der Waals surface area contributed by atoms with Crippen molar-refractivity contribution in [2.45, 2.75) is 55.4 Å². The fraction of sp³-hybridized carbons (Fsp3) is 0.0667. The van der Waals surface area contributed by atoms with E-state index in [0.29, 0.717) is 89.5 Å². The molecule has 24 rings (SSSR count). The monoisotopic (exact) mass is 2670 g/mol. The number of nitrogens with zero attached hydrogens (tertiary/aromatic N) is 8. The van der Waals surface area contributed by atoms with Crippen molar-refractivity contribution in [3.05, 3.63) is 458 Å². The minimum atomic E-state index is -3.18. The molecule has 0 saturated heterocycles. The molecule has 0 amide bonds. The third kappa shape index (κ3) is 19.9. The number of aromatic nitrogens is 8. The second-order valence-corrected chi connectivity index (χ2v) is 44.9. The van der Waals surface area contributed by atoms with Crippen LogP contribution >= 0.6 is 28.6 Å². The Hall–Kier alpha value is -13.3. The Morgan fingerprint density at radius 2 is 0.569 bits per heavy atom. The fourth-order valence-electron chi connectivity index (χ4n) is 18.0. The van der Waals surface area contributed by atoms with Crippen LogP contribution in [0, 0.1) is 104 Å². The van der Waals surface area contributed by atoms with Gasteiger partial charge in [-0.05, 0) is 172 Å². The molecule has 712 valence electrons. The van der Waals surface area contributed by atoms with Gasteiger partial charge in [-0.3, -0.25) is 15.0 Å². The maximum atomic E-state index is 14.9. The Morgan fingerprint density at radius 1 is 0.229 bits per heavy atom. The molecule has 4 unspecified atom stereocenters. The van der Waals surface area contributed by atoms with Gasteiger partial charge in [-0.15, -0.1) is 72.8 Å². The van der Waals surface area contributed by atoms with Crippen LogP contribution in [-0.4, -0.2) is 39.9 Å². The Morgan fingerprint density at radius 3 is 0.944 bits per heavy atom. The van der Waals surface area contributed by atoms with Crippen molar-refractivity contribution in [2.24, 2.45) is 0 Å². The van der Waals surface area contributed by atoms with Gasteiger partial charge in [0.1, 0.15) is 21.7 Å². The molecule has 0 fully saturated rings. The number of fused-ring (bicyclic) bond motifs is 12. The van der Waals surface area contributed by atoms with Crippen molar-refractivity contribution in [2.75, 3.05) is 0 Å². The summed E-state index contributed by atoms with van der Waals surface area (Å²) in [5.74, 6) is 4.32. The van der Waals surface area contributed by atoms with E-state index in [1.807, 2.05) is 377 Å². The van der Waals surface area contributed by atoms with E-state index < -0.39 is 28.6 Å². The first kappa shape index (κ1) is 102. The molecule has 0 spiro atoms. The van der Waals surface area contributed by atoms with E-state index in [0.717, 1.165) is 155 Å². The van der Waals surface area contributed by atoms with Gasteiger partial charge in [0.2, 0.25) is 23.5 Å². The first-order valence-corrected chi connectivity index (χ1v) is 52.3. The van der Waals surface area contributed by atoms with Crippen LogP contribution in [0.25, 0.3) is 89.0 Å². The van der Waals surface area contributed by atoms with E-state index >= 15 is 0 Å². The predicted molar refractivity (Wildman–Crippen MR) is 558 cm³/mol. The average Bonchev–Trinajstić information content (AvgIpc) is 1.58. The number of aryl methyl sites for hydroxylation is 8. The van der Waals surface area contributed by atoms with Crippen LogP contribution in [0.5, 0.6) is 46.5 Å². The minimum absolute atomic E-state index is 0. The van der Waals surface area contributed by atoms with Gasteiger partial charge in [0.15, 0.2) is 28.6 Å². The summed E-state index contributed by atoms with van der Waals surface area (Å²) < 4.78 is 83.0. The molecule has 4 aliphatic heterocycles. The normalized spacial score (nSPS) is 15.5. The number of ether oxygens (including phenoxy) is 4. The largest absolute Gasteiger partial charge is 2.00 e. The van der Waals surface area contributed by atoms with Crippen molar-refractivity contribution >= 4 is 92.7 Å². The van der Waals surface area contributed by atoms with Crippen molar-refractivity contribution < 1.29 is 121 Å². The molecule has 24 heteroatoms. The van der Waals surface area contributed by atoms with Gasteiger partial charge in [0, 0.05) is 117 Å². The molecule has 8 aromatic heterocycles. The SMILES string of the molecule is Cc1ccc(P2(=O)c3[c-]c(-c4[c-]c(Oc5cc(C)ccn5)ccc4)ccc3-c3ccccc32)nc1.Cc1ccnc(Oc2[c-]c(-c3[c-]c4c(cc3)-c3ccccc3P4(=O)c3cccc(C)n3)ccc2)c1.Cc1ccnc(Oc2[c-]c(-c3[c-]c4c(cc3)-c3ccccc3P4(=O)c3ncccc3C)ccc2)c1.Cc1ccnc(P2(=O)c3[c-]c(-c4[c-]c(Oc5ncccc5C)ccc4)ccc3-c3ccccc32)c1.[Pt+2].[Pt+2].[Pt+2].[Pt+2]. The molecule has 144 heavy (non-hydrogen) atoms. The van der Waals surface area contributed by atoms with Crippen LogP contribution in [0.3, 0.4) is 0 Å². The van der Waals surface area contributed by atoms with Crippen LogP contribution in [0.1, 0.15) is 44.6 Å². The van der Waals surface area contributed by atoms with E-state index in [1.54, 1.807) is 43.4 Å². The summed E-state index contributed by atoms with van der Waals surface area (Å²) in [6, 6.07) is 130. The van der Waals surface area contributed by atoms with E-state index in [-0.39, 0.29) is 84.3 Å². The summed E-state index contributed by atoms with van der Waals surface area (Å²) in [4.78, 5) is 35.5. The van der Waals surface area contributed by atoms with Crippen LogP contribution < -0.4 is 83.1 Å². The van der Waals surface area contributed by atoms with Crippen LogP contribution in [0.15, 0.2) is 365 Å². The third-order valence-corrected chi connectivity index (χ3v) is 36.7. The maximum absolute atomic E-state index is 14.9. The molecule has 20 aromatic rings. The second-order valence-electron chi connectivity index (χ2n) is 34.5. The average molecular weight is 2670 g/mol. The summed E-state index contributed by atoms with van der Waals surface area (Å²) in [5.41, 5.74) is 24.4. The molecule has 0 N–H and O–H groups in total. The summed E-state index contributed by atoms with van der Waals surface area (Å²) in [5, 5.41) is 6.01. The molecule has 0 bridgehead atoms. The quantitative estimate of drug-likeness (QED) is 0.0651. The van der Waals surface area contributed by atoms with Crippen molar-refractivity contribution in [3.8, 4) is 136 Å². The van der Waals surface area contributed by atoms with Crippen LogP contribution in [-0.2, 0) is 103 Å². The topological polar surface area (TPSA) is 208 Å². The fourth-order valence-corrected chi connectivity index (χ4v) is 29.9. The molecule has 16 nitrogen and oxygen atoms in total. The first-order valence-electron chi connectivity index (χ1n) is 45.4. The number of pyridine rings is 8. The Labute approximate surface area is 894 Å². The molecule has 0 radical (unpaired) electrons. The first-order chi connectivity index (χ1) is 68.1. The zero-order valence-electron chi connectivity index (χ0n) is 78.5. The molecule has 0 saturated carbocycles. The summed E-state index contributed by atoms with van der Waals surface area (Å²) >= 11 is 0. The number of hydrogen-bond acceptors (Lipinski definition) is 16. The molecule has 0 aliphatic carbocycles. The van der Waals surface area contributed by atoms with Gasteiger partial charge in [-0.1, -0.05) is 165 Å². The molecule has 12 aromatic carbocycles. The molecular weight excluding hydrogens is 2590 g/mol. The van der Waals surface area contributed by atoms with Crippen molar-refractivity contribution in [1.29, 1.82) is 0 Å². The van der Waals surface area contributed by atoms with Gasteiger partial charge < -0.3 is 37.2 Å². The number of benzene rings is 12. The van der Waals surface area contributed by atoms with Crippen molar-refractivity contribution in [3.63, 3.8) is 0 Å². The molecular formula is C120H84N8O8P4Pt4. The van der Waals surface area contributed by atoms with E-state index in [1.165, 1.54) is 0 Å². The number of rotatable bonds is 16. The summed E-state index contributed by atoms with van der Waals surface area (Å²) in [6.07, 6.45) is 12.1. The third-order valence-electron chi connectivity index (χ3n) is 24.7. The molecule has 4 aliphatic rings. The van der Waals surface area contributed by atoms with Gasteiger partial charge in [0.05, 0.1) is 0 Å². The Balaban J connectivity index is 0.000000130. The number of hydrogen-bond donors (Lipinski definition) is 0. The van der Waals surface area contributed by atoms with E-state index in [2.05, 4.69) is 88.4 Å². The Bertz CT molecular complexity index is 8550. The van der Waals surface area contributed by atoms with Gasteiger partial charge in [-0.2, -0.15) is 97.1 Å². The summed E-state index contributed by atoms with van der Waals surface area (Å²) in [7, 11) is -12.7. The maximum Gasteiger partial charge on any atom is 2.00 e.